The summed E-state index contributed by atoms with van der Waals surface area (Å²) in [4.78, 5) is 29.4. The van der Waals surface area contributed by atoms with Gasteiger partial charge in [-0.3, -0.25) is 4.79 Å². The maximum absolute atomic E-state index is 12.9. The van der Waals surface area contributed by atoms with Crippen LogP contribution in [0.4, 0.5) is 0 Å². The van der Waals surface area contributed by atoms with Crippen molar-refractivity contribution in [2.75, 3.05) is 0 Å². The number of carbonyl (C=O) groups is 2. The van der Waals surface area contributed by atoms with Gasteiger partial charge in [0.2, 0.25) is 5.70 Å². The first-order chi connectivity index (χ1) is 12.5. The van der Waals surface area contributed by atoms with Crippen LogP contribution in [0.1, 0.15) is 73.6 Å². The van der Waals surface area contributed by atoms with Gasteiger partial charge < -0.3 is 4.79 Å². The molecule has 27 heavy (non-hydrogen) atoms. The SMILES string of the molecule is [C-]#[N+]C1=C[C@]2(C)C3=CC(=O)[C@H](C)[C@@H](CCCC)[C@]3(C)CC[C@H]2C(C)(C)C1=O. The molecular formula is C24H33NO2. The van der Waals surface area contributed by atoms with Crippen LogP contribution in [0, 0.1) is 40.6 Å². The fraction of sp³-hybridized carbons (Fsp3) is 0.708. The van der Waals surface area contributed by atoms with Crippen LogP contribution < -0.4 is 0 Å². The Kier molecular flexibility index (Phi) is 4.78. The van der Waals surface area contributed by atoms with Crippen molar-refractivity contribution in [2.24, 2.45) is 34.0 Å². The molecule has 0 saturated heterocycles. The smallest absolute Gasteiger partial charge is 0.226 e. The van der Waals surface area contributed by atoms with E-state index in [-0.39, 0.29) is 34.5 Å². The first kappa shape index (κ1) is 20.1. The van der Waals surface area contributed by atoms with Crippen molar-refractivity contribution in [3.05, 3.63) is 34.8 Å². The maximum atomic E-state index is 12.9. The average molecular weight is 368 g/mol. The van der Waals surface area contributed by atoms with Gasteiger partial charge in [0.05, 0.1) is 6.57 Å². The van der Waals surface area contributed by atoms with Crippen LogP contribution in [-0.4, -0.2) is 11.6 Å². The molecule has 3 aliphatic carbocycles. The molecule has 5 atom stereocenters. The Balaban J connectivity index is 2.19. The molecule has 0 spiro atoms. The second-order valence-corrected chi connectivity index (χ2v) is 9.98. The highest BCUT2D eigenvalue weighted by molar-refractivity contribution is 6.03. The molecule has 0 aromatic carbocycles. The highest BCUT2D eigenvalue weighted by Crippen LogP contribution is 2.66. The molecule has 0 aromatic heterocycles. The van der Waals surface area contributed by atoms with Crippen molar-refractivity contribution in [1.82, 2.24) is 0 Å². The minimum absolute atomic E-state index is 0.0339. The van der Waals surface area contributed by atoms with Crippen molar-refractivity contribution in [2.45, 2.75) is 73.6 Å². The fourth-order valence-electron chi connectivity index (χ4n) is 6.61. The molecule has 0 amide bonds. The summed E-state index contributed by atoms with van der Waals surface area (Å²) in [5.74, 6) is 0.705. The van der Waals surface area contributed by atoms with Gasteiger partial charge in [0, 0.05) is 16.7 Å². The number of carbonyl (C=O) groups excluding carboxylic acids is 2. The number of hydrogen-bond acceptors (Lipinski definition) is 2. The van der Waals surface area contributed by atoms with Crippen molar-refractivity contribution >= 4 is 11.6 Å². The number of rotatable bonds is 3. The van der Waals surface area contributed by atoms with Gasteiger partial charge in [0.15, 0.2) is 11.6 Å². The van der Waals surface area contributed by atoms with Crippen molar-refractivity contribution in [1.29, 1.82) is 0 Å². The van der Waals surface area contributed by atoms with Crippen LogP contribution in [0.2, 0.25) is 0 Å². The maximum Gasteiger partial charge on any atom is 0.226 e. The number of hydrogen-bond donors (Lipinski definition) is 0. The zero-order valence-corrected chi connectivity index (χ0v) is 17.7. The van der Waals surface area contributed by atoms with Gasteiger partial charge in [-0.05, 0) is 42.6 Å². The van der Waals surface area contributed by atoms with E-state index in [0.717, 1.165) is 32.1 Å². The summed E-state index contributed by atoms with van der Waals surface area (Å²) in [7, 11) is 0. The predicted octanol–water partition coefficient (Wildman–Crippen LogP) is 5.77. The molecule has 3 heteroatoms. The summed E-state index contributed by atoms with van der Waals surface area (Å²) in [6.45, 7) is 20.3. The molecule has 0 aromatic rings. The number of nitrogens with zero attached hydrogens (tertiary/aromatic N) is 1. The van der Waals surface area contributed by atoms with Gasteiger partial charge in [-0.25, -0.2) is 4.85 Å². The Bertz CT molecular complexity index is 781. The zero-order valence-electron chi connectivity index (χ0n) is 17.7. The van der Waals surface area contributed by atoms with E-state index < -0.39 is 10.8 Å². The summed E-state index contributed by atoms with van der Waals surface area (Å²) >= 11 is 0. The molecule has 0 radical (unpaired) electrons. The second-order valence-electron chi connectivity index (χ2n) is 9.98. The van der Waals surface area contributed by atoms with Gasteiger partial charge in [0.25, 0.3) is 0 Å². The van der Waals surface area contributed by atoms with E-state index in [2.05, 4.69) is 32.5 Å². The van der Waals surface area contributed by atoms with E-state index in [4.69, 9.17) is 6.57 Å². The Hall–Kier alpha value is -1.69. The van der Waals surface area contributed by atoms with Crippen molar-refractivity contribution < 1.29 is 9.59 Å². The first-order valence-corrected chi connectivity index (χ1v) is 10.5. The summed E-state index contributed by atoms with van der Waals surface area (Å²) in [5.41, 5.74) is 0.423. The molecule has 0 aliphatic heterocycles. The zero-order chi connectivity index (χ0) is 20.2. The normalized spacial score (nSPS) is 40.4. The van der Waals surface area contributed by atoms with Crippen molar-refractivity contribution in [3.63, 3.8) is 0 Å². The van der Waals surface area contributed by atoms with E-state index in [0.29, 0.717) is 5.92 Å². The van der Waals surface area contributed by atoms with Gasteiger partial charge in [-0.1, -0.05) is 66.0 Å². The van der Waals surface area contributed by atoms with Crippen molar-refractivity contribution in [3.8, 4) is 0 Å². The molecule has 0 bridgehead atoms. The highest BCUT2D eigenvalue weighted by Gasteiger charge is 2.61. The van der Waals surface area contributed by atoms with E-state index in [1.807, 2.05) is 26.0 Å². The molecule has 3 nitrogen and oxygen atoms in total. The lowest BCUT2D eigenvalue weighted by Crippen LogP contribution is -2.56. The third kappa shape index (κ3) is 2.67. The minimum atomic E-state index is -0.573. The summed E-state index contributed by atoms with van der Waals surface area (Å²) in [5, 5.41) is 0. The number of Topliss-reactive ketones (excluding diaryl/α,β-unsaturated/α-hetero) is 1. The summed E-state index contributed by atoms with van der Waals surface area (Å²) in [6, 6.07) is 0. The summed E-state index contributed by atoms with van der Waals surface area (Å²) < 4.78 is 0. The lowest BCUT2D eigenvalue weighted by Gasteiger charge is -2.61. The van der Waals surface area contributed by atoms with E-state index >= 15 is 0 Å². The van der Waals surface area contributed by atoms with Crippen LogP contribution >= 0.6 is 0 Å². The van der Waals surface area contributed by atoms with E-state index in [1.165, 1.54) is 5.57 Å². The number of ketones is 2. The Morgan fingerprint density at radius 3 is 2.48 bits per heavy atom. The monoisotopic (exact) mass is 367 g/mol. The van der Waals surface area contributed by atoms with E-state index in [1.54, 1.807) is 0 Å². The van der Waals surface area contributed by atoms with Crippen LogP contribution in [-0.2, 0) is 9.59 Å². The third-order valence-corrected chi connectivity index (χ3v) is 8.14. The predicted molar refractivity (Wildman–Crippen MR) is 108 cm³/mol. The molecule has 1 fully saturated rings. The Morgan fingerprint density at radius 1 is 1.22 bits per heavy atom. The van der Waals surface area contributed by atoms with Crippen LogP contribution in [0.5, 0.6) is 0 Å². The first-order valence-electron chi connectivity index (χ1n) is 10.5. The summed E-state index contributed by atoms with van der Waals surface area (Å²) in [6.07, 6.45) is 9.12. The van der Waals surface area contributed by atoms with Gasteiger partial charge in [0.1, 0.15) is 0 Å². The minimum Gasteiger partial charge on any atom is -0.307 e. The average Bonchev–Trinajstić information content (AvgIpc) is 2.60. The molecule has 0 heterocycles. The largest absolute Gasteiger partial charge is 0.307 e. The Morgan fingerprint density at radius 2 is 1.89 bits per heavy atom. The number of unbranched alkanes of at least 4 members (excludes halogenated alkanes) is 1. The second kappa shape index (κ2) is 6.43. The molecule has 146 valence electrons. The highest BCUT2D eigenvalue weighted by atomic mass is 16.1. The fourth-order valence-corrected chi connectivity index (χ4v) is 6.61. The Labute approximate surface area is 164 Å². The topological polar surface area (TPSA) is 38.5 Å². The molecule has 3 aliphatic rings. The molecule has 3 rings (SSSR count). The molecule has 0 N–H and O–H groups in total. The number of fused-ring (bicyclic) bond motifs is 3. The van der Waals surface area contributed by atoms with E-state index in [9.17, 15) is 9.59 Å². The lowest BCUT2D eigenvalue weighted by molar-refractivity contribution is -0.132. The molecule has 0 unspecified atom stereocenters. The standard InChI is InChI=1S/C24H33NO2/c1-8-9-10-16-15(2)18(26)13-20-23(16,5)12-11-19-22(3,4)21(27)17(25-7)14-24(19,20)6/h13-16,19H,8-12H2,1-6H3/t15-,16-,19+,23+,24+/m1/s1. The lowest BCUT2D eigenvalue weighted by atomic mass is 9.42. The van der Waals surface area contributed by atoms with Crippen LogP contribution in [0.25, 0.3) is 4.85 Å². The molecule has 1 saturated carbocycles. The number of allylic oxidation sites excluding steroid dienone is 4. The quantitative estimate of drug-likeness (QED) is 0.594. The molecular weight excluding hydrogens is 334 g/mol. The third-order valence-electron chi connectivity index (χ3n) is 8.14. The van der Waals surface area contributed by atoms with Crippen LogP contribution in [0.3, 0.4) is 0 Å². The van der Waals surface area contributed by atoms with Gasteiger partial charge >= 0.3 is 0 Å². The van der Waals surface area contributed by atoms with Crippen LogP contribution in [0.15, 0.2) is 23.4 Å². The van der Waals surface area contributed by atoms with Gasteiger partial charge in [-0.2, -0.15) is 0 Å². The van der Waals surface area contributed by atoms with Gasteiger partial charge in [-0.15, -0.1) is 0 Å².